The summed E-state index contributed by atoms with van der Waals surface area (Å²) >= 11 is 0. The van der Waals surface area contributed by atoms with Crippen LogP contribution in [0.3, 0.4) is 0 Å². The average molecular weight is 228 g/mol. The summed E-state index contributed by atoms with van der Waals surface area (Å²) < 4.78 is 0. The van der Waals surface area contributed by atoms with E-state index in [1.165, 1.54) is 25.7 Å². The van der Waals surface area contributed by atoms with Crippen molar-refractivity contribution in [3.63, 3.8) is 0 Å². The first-order chi connectivity index (χ1) is 7.63. The normalized spacial score (nSPS) is 12.5. The fraction of sp³-hybridized carbons (Fsp3) is 0.923. The zero-order valence-electron chi connectivity index (χ0n) is 11.2. The van der Waals surface area contributed by atoms with E-state index in [-0.39, 0.29) is 11.9 Å². The molecule has 0 spiro atoms. The van der Waals surface area contributed by atoms with Crippen LogP contribution >= 0.6 is 0 Å². The van der Waals surface area contributed by atoms with Gasteiger partial charge in [-0.1, -0.05) is 39.5 Å². The number of hydrogen-bond acceptors (Lipinski definition) is 2. The SMILES string of the molecule is CCCCCN(CCCCC)C(=O)[C@H](C)N. The third-order valence-electron chi connectivity index (χ3n) is 2.76. The molecule has 0 saturated carbocycles. The molecule has 0 radical (unpaired) electrons. The highest BCUT2D eigenvalue weighted by Gasteiger charge is 2.16. The number of carbonyl (C=O) groups excluding carboxylic acids is 1. The van der Waals surface area contributed by atoms with Gasteiger partial charge in [-0.2, -0.15) is 0 Å². The monoisotopic (exact) mass is 228 g/mol. The molecule has 0 aromatic carbocycles. The fourth-order valence-electron chi connectivity index (χ4n) is 1.73. The Balaban J connectivity index is 4.00. The molecular formula is C13H28N2O. The second kappa shape index (κ2) is 9.64. The van der Waals surface area contributed by atoms with E-state index in [2.05, 4.69) is 13.8 Å². The third-order valence-corrected chi connectivity index (χ3v) is 2.76. The Labute approximate surface area is 100 Å². The average Bonchev–Trinajstić information content (AvgIpc) is 2.26. The van der Waals surface area contributed by atoms with E-state index in [1.807, 2.05) is 4.90 Å². The lowest BCUT2D eigenvalue weighted by Gasteiger charge is -2.24. The van der Waals surface area contributed by atoms with Gasteiger partial charge in [0.1, 0.15) is 0 Å². The van der Waals surface area contributed by atoms with Crippen LogP contribution in [0.1, 0.15) is 59.3 Å². The summed E-state index contributed by atoms with van der Waals surface area (Å²) in [6.45, 7) is 7.87. The minimum absolute atomic E-state index is 0.104. The molecule has 0 unspecified atom stereocenters. The van der Waals surface area contributed by atoms with Crippen molar-refractivity contribution in [2.45, 2.75) is 65.3 Å². The van der Waals surface area contributed by atoms with Crippen molar-refractivity contribution in [2.24, 2.45) is 5.73 Å². The Morgan fingerprint density at radius 2 is 1.50 bits per heavy atom. The van der Waals surface area contributed by atoms with Gasteiger partial charge in [-0.15, -0.1) is 0 Å². The summed E-state index contributed by atoms with van der Waals surface area (Å²) in [5.74, 6) is 0.104. The molecule has 2 N–H and O–H groups in total. The van der Waals surface area contributed by atoms with Gasteiger partial charge in [0.15, 0.2) is 0 Å². The maximum atomic E-state index is 11.8. The third kappa shape index (κ3) is 6.83. The van der Waals surface area contributed by atoms with Crippen LogP contribution < -0.4 is 5.73 Å². The van der Waals surface area contributed by atoms with Crippen molar-refractivity contribution in [2.75, 3.05) is 13.1 Å². The molecule has 0 aliphatic carbocycles. The smallest absolute Gasteiger partial charge is 0.239 e. The maximum Gasteiger partial charge on any atom is 0.239 e. The van der Waals surface area contributed by atoms with Gasteiger partial charge in [0.05, 0.1) is 6.04 Å². The zero-order valence-corrected chi connectivity index (χ0v) is 11.2. The first-order valence-corrected chi connectivity index (χ1v) is 6.67. The van der Waals surface area contributed by atoms with Gasteiger partial charge in [0.2, 0.25) is 5.91 Å². The number of rotatable bonds is 9. The summed E-state index contributed by atoms with van der Waals surface area (Å²) in [6.07, 6.45) is 6.96. The lowest BCUT2D eigenvalue weighted by atomic mass is 10.2. The molecule has 3 nitrogen and oxygen atoms in total. The molecule has 3 heteroatoms. The van der Waals surface area contributed by atoms with Gasteiger partial charge in [0, 0.05) is 13.1 Å². The van der Waals surface area contributed by atoms with Crippen molar-refractivity contribution in [3.8, 4) is 0 Å². The molecule has 0 bridgehead atoms. The molecule has 0 aliphatic rings. The highest BCUT2D eigenvalue weighted by Crippen LogP contribution is 2.04. The van der Waals surface area contributed by atoms with E-state index in [1.54, 1.807) is 6.92 Å². The van der Waals surface area contributed by atoms with Crippen LogP contribution in [-0.4, -0.2) is 29.9 Å². The molecule has 0 aliphatic heterocycles. The fourth-order valence-corrected chi connectivity index (χ4v) is 1.73. The first kappa shape index (κ1) is 15.4. The largest absolute Gasteiger partial charge is 0.341 e. The Bertz CT molecular complexity index is 171. The van der Waals surface area contributed by atoms with E-state index < -0.39 is 0 Å². The number of carbonyl (C=O) groups is 1. The van der Waals surface area contributed by atoms with Crippen LogP contribution in [0.25, 0.3) is 0 Å². The zero-order chi connectivity index (χ0) is 12.4. The molecule has 0 aromatic heterocycles. The minimum Gasteiger partial charge on any atom is -0.341 e. The van der Waals surface area contributed by atoms with Crippen LogP contribution in [0.4, 0.5) is 0 Å². The molecule has 0 saturated heterocycles. The van der Waals surface area contributed by atoms with Crippen LogP contribution in [0, 0.1) is 0 Å². The summed E-state index contributed by atoms with van der Waals surface area (Å²) in [7, 11) is 0. The van der Waals surface area contributed by atoms with Crippen LogP contribution in [-0.2, 0) is 4.79 Å². The molecule has 96 valence electrons. The van der Waals surface area contributed by atoms with Crippen molar-refractivity contribution in [1.82, 2.24) is 4.90 Å². The van der Waals surface area contributed by atoms with Gasteiger partial charge < -0.3 is 10.6 Å². The van der Waals surface area contributed by atoms with Gasteiger partial charge in [0.25, 0.3) is 0 Å². The van der Waals surface area contributed by atoms with E-state index in [9.17, 15) is 4.79 Å². The summed E-state index contributed by atoms with van der Waals surface area (Å²) in [5.41, 5.74) is 5.65. The number of amides is 1. The molecule has 0 rings (SSSR count). The summed E-state index contributed by atoms with van der Waals surface area (Å²) in [6, 6.07) is -0.358. The highest BCUT2D eigenvalue weighted by molar-refractivity contribution is 5.81. The first-order valence-electron chi connectivity index (χ1n) is 6.67. The Morgan fingerprint density at radius 3 is 1.81 bits per heavy atom. The molecule has 16 heavy (non-hydrogen) atoms. The second-order valence-corrected chi connectivity index (χ2v) is 4.53. The van der Waals surface area contributed by atoms with Crippen molar-refractivity contribution in [3.05, 3.63) is 0 Å². The standard InChI is InChI=1S/C13H28N2O/c1-4-6-8-10-15(11-9-7-5-2)13(16)12(3)14/h12H,4-11,14H2,1-3H3/t12-/m0/s1. The van der Waals surface area contributed by atoms with Crippen molar-refractivity contribution in [1.29, 1.82) is 0 Å². The minimum atomic E-state index is -0.358. The summed E-state index contributed by atoms with van der Waals surface area (Å²) in [5, 5.41) is 0. The quantitative estimate of drug-likeness (QED) is 0.616. The van der Waals surface area contributed by atoms with Crippen molar-refractivity contribution < 1.29 is 4.79 Å². The Hall–Kier alpha value is -0.570. The van der Waals surface area contributed by atoms with E-state index in [0.717, 1.165) is 25.9 Å². The predicted molar refractivity (Wildman–Crippen MR) is 69.3 cm³/mol. The maximum absolute atomic E-state index is 11.8. The Kier molecular flexibility index (Phi) is 9.30. The van der Waals surface area contributed by atoms with Crippen LogP contribution in [0.15, 0.2) is 0 Å². The summed E-state index contributed by atoms with van der Waals surface area (Å²) in [4.78, 5) is 13.8. The molecular weight excluding hydrogens is 200 g/mol. The number of nitrogens with zero attached hydrogens (tertiary/aromatic N) is 1. The van der Waals surface area contributed by atoms with Crippen LogP contribution in [0.2, 0.25) is 0 Å². The Morgan fingerprint density at radius 1 is 1.06 bits per heavy atom. The van der Waals surface area contributed by atoms with Gasteiger partial charge in [-0.05, 0) is 19.8 Å². The molecule has 1 atom stereocenters. The van der Waals surface area contributed by atoms with Gasteiger partial charge in [-0.25, -0.2) is 0 Å². The highest BCUT2D eigenvalue weighted by atomic mass is 16.2. The lowest BCUT2D eigenvalue weighted by Crippen LogP contribution is -2.43. The molecule has 0 heterocycles. The van der Waals surface area contributed by atoms with E-state index >= 15 is 0 Å². The molecule has 0 aromatic rings. The predicted octanol–water partition coefficient (Wildman–Crippen LogP) is 2.54. The number of hydrogen-bond donors (Lipinski definition) is 1. The number of unbranched alkanes of at least 4 members (excludes halogenated alkanes) is 4. The van der Waals surface area contributed by atoms with E-state index in [4.69, 9.17) is 5.73 Å². The van der Waals surface area contributed by atoms with Gasteiger partial charge >= 0.3 is 0 Å². The van der Waals surface area contributed by atoms with E-state index in [0.29, 0.717) is 0 Å². The molecule has 1 amide bonds. The number of nitrogens with two attached hydrogens (primary N) is 1. The lowest BCUT2D eigenvalue weighted by molar-refractivity contribution is -0.132. The van der Waals surface area contributed by atoms with Gasteiger partial charge in [-0.3, -0.25) is 4.79 Å². The topological polar surface area (TPSA) is 46.3 Å². The van der Waals surface area contributed by atoms with Crippen LogP contribution in [0.5, 0.6) is 0 Å². The molecule has 0 fully saturated rings. The second-order valence-electron chi connectivity index (χ2n) is 4.53. The van der Waals surface area contributed by atoms with Crippen molar-refractivity contribution >= 4 is 5.91 Å².